The van der Waals surface area contributed by atoms with Crippen molar-refractivity contribution in [2.24, 2.45) is 0 Å². The predicted molar refractivity (Wildman–Crippen MR) is 113 cm³/mol. The third-order valence-electron chi connectivity index (χ3n) is 6.76. The summed E-state index contributed by atoms with van der Waals surface area (Å²) < 4.78 is 2.08. The van der Waals surface area contributed by atoms with E-state index in [1.165, 1.54) is 49.8 Å². The normalized spacial score (nSPS) is 22.7. The van der Waals surface area contributed by atoms with Crippen LogP contribution < -0.4 is 5.32 Å². The molecule has 4 rings (SSSR count). The van der Waals surface area contributed by atoms with Crippen molar-refractivity contribution in [2.75, 3.05) is 19.6 Å². The van der Waals surface area contributed by atoms with Gasteiger partial charge in [-0.2, -0.15) is 5.10 Å². The Morgan fingerprint density at radius 3 is 2.79 bits per heavy atom. The van der Waals surface area contributed by atoms with Crippen LogP contribution in [0.4, 0.5) is 0 Å². The van der Waals surface area contributed by atoms with Crippen LogP contribution in [-0.2, 0) is 19.4 Å². The SMILES string of the molecule is CCn1nc(C(=O)N2CCCCC2)c2c1CCC(NCCC1=CCCCC1)C2. The summed E-state index contributed by atoms with van der Waals surface area (Å²) in [7, 11) is 0. The minimum atomic E-state index is 0.163. The van der Waals surface area contributed by atoms with Gasteiger partial charge in [0.2, 0.25) is 0 Å². The molecule has 2 heterocycles. The van der Waals surface area contributed by atoms with Gasteiger partial charge < -0.3 is 10.2 Å². The molecule has 0 spiro atoms. The summed E-state index contributed by atoms with van der Waals surface area (Å²) in [6, 6.07) is 0.471. The summed E-state index contributed by atoms with van der Waals surface area (Å²) >= 11 is 0. The van der Waals surface area contributed by atoms with E-state index in [2.05, 4.69) is 23.0 Å². The van der Waals surface area contributed by atoms with Gasteiger partial charge in [0.15, 0.2) is 5.69 Å². The Kier molecular flexibility index (Phi) is 6.50. The molecule has 5 nitrogen and oxygen atoms in total. The number of piperidine rings is 1. The average Bonchev–Trinajstić information content (AvgIpc) is 3.12. The van der Waals surface area contributed by atoms with E-state index in [1.807, 2.05) is 4.90 Å². The maximum absolute atomic E-state index is 13.2. The van der Waals surface area contributed by atoms with Gasteiger partial charge in [-0.05, 0) is 84.1 Å². The van der Waals surface area contributed by atoms with Crippen LogP contribution in [-0.4, -0.2) is 46.3 Å². The molecule has 0 bridgehead atoms. The molecule has 1 fully saturated rings. The van der Waals surface area contributed by atoms with E-state index in [0.717, 1.165) is 64.0 Å². The second-order valence-corrected chi connectivity index (χ2v) is 8.69. The molecule has 1 aliphatic heterocycles. The Labute approximate surface area is 169 Å². The molecule has 5 heteroatoms. The Morgan fingerprint density at radius 1 is 1.18 bits per heavy atom. The number of carbonyl (C=O) groups excluding carboxylic acids is 1. The largest absolute Gasteiger partial charge is 0.337 e. The number of hydrogen-bond donors (Lipinski definition) is 1. The van der Waals surface area contributed by atoms with Gasteiger partial charge in [-0.15, -0.1) is 0 Å². The molecular weight excluding hydrogens is 348 g/mol. The van der Waals surface area contributed by atoms with Crippen molar-refractivity contribution in [1.82, 2.24) is 20.0 Å². The number of allylic oxidation sites excluding steroid dienone is 1. The van der Waals surface area contributed by atoms with Gasteiger partial charge in [0, 0.05) is 36.9 Å². The van der Waals surface area contributed by atoms with E-state index in [9.17, 15) is 4.79 Å². The fourth-order valence-electron chi connectivity index (χ4n) is 5.11. The lowest BCUT2D eigenvalue weighted by atomic mass is 9.90. The Morgan fingerprint density at radius 2 is 2.04 bits per heavy atom. The predicted octanol–water partition coefficient (Wildman–Crippen LogP) is 3.87. The van der Waals surface area contributed by atoms with E-state index in [-0.39, 0.29) is 5.91 Å². The molecule has 154 valence electrons. The second kappa shape index (κ2) is 9.25. The molecule has 1 atom stereocenters. The maximum atomic E-state index is 13.2. The van der Waals surface area contributed by atoms with Crippen molar-refractivity contribution >= 4 is 5.91 Å². The molecule has 1 aromatic rings. The minimum Gasteiger partial charge on any atom is -0.337 e. The first-order valence-electron chi connectivity index (χ1n) is 11.6. The zero-order valence-corrected chi connectivity index (χ0v) is 17.5. The van der Waals surface area contributed by atoms with Crippen molar-refractivity contribution in [2.45, 2.75) is 90.1 Å². The zero-order chi connectivity index (χ0) is 19.3. The molecule has 1 amide bonds. The van der Waals surface area contributed by atoms with Gasteiger partial charge >= 0.3 is 0 Å². The smallest absolute Gasteiger partial charge is 0.274 e. The number of likely N-dealkylation sites (tertiary alicyclic amines) is 1. The number of hydrogen-bond acceptors (Lipinski definition) is 3. The standard InChI is InChI=1S/C23H36N4O/c1-2-27-21-12-11-19(24-14-13-18-9-5-3-6-10-18)17-20(21)22(25-27)23(28)26-15-7-4-8-16-26/h9,19,24H,2-8,10-17H2,1H3. The van der Waals surface area contributed by atoms with Crippen molar-refractivity contribution in [1.29, 1.82) is 0 Å². The van der Waals surface area contributed by atoms with Crippen molar-refractivity contribution < 1.29 is 4.79 Å². The van der Waals surface area contributed by atoms with Gasteiger partial charge in [0.25, 0.3) is 5.91 Å². The fraction of sp³-hybridized carbons (Fsp3) is 0.739. The highest BCUT2D eigenvalue weighted by molar-refractivity contribution is 5.94. The average molecular weight is 385 g/mol. The maximum Gasteiger partial charge on any atom is 0.274 e. The number of fused-ring (bicyclic) bond motifs is 1. The zero-order valence-electron chi connectivity index (χ0n) is 17.5. The van der Waals surface area contributed by atoms with Crippen molar-refractivity contribution in [3.8, 4) is 0 Å². The van der Waals surface area contributed by atoms with E-state index in [1.54, 1.807) is 5.57 Å². The first-order chi connectivity index (χ1) is 13.8. The summed E-state index contributed by atoms with van der Waals surface area (Å²) in [5.41, 5.74) is 4.89. The molecule has 0 radical (unpaired) electrons. The highest BCUT2D eigenvalue weighted by Crippen LogP contribution is 2.27. The lowest BCUT2D eigenvalue weighted by molar-refractivity contribution is 0.0716. The molecule has 0 aromatic carbocycles. The number of rotatable bonds is 6. The second-order valence-electron chi connectivity index (χ2n) is 8.69. The van der Waals surface area contributed by atoms with Gasteiger partial charge in [0.1, 0.15) is 0 Å². The van der Waals surface area contributed by atoms with E-state index in [0.29, 0.717) is 6.04 Å². The lowest BCUT2D eigenvalue weighted by Crippen LogP contribution is -2.38. The van der Waals surface area contributed by atoms with Gasteiger partial charge in [0.05, 0.1) is 0 Å². The molecule has 2 aliphatic carbocycles. The third kappa shape index (κ3) is 4.35. The Hall–Kier alpha value is -1.62. The van der Waals surface area contributed by atoms with E-state index < -0.39 is 0 Å². The number of aromatic nitrogens is 2. The van der Waals surface area contributed by atoms with Crippen LogP contribution in [0.2, 0.25) is 0 Å². The van der Waals surface area contributed by atoms with E-state index in [4.69, 9.17) is 5.10 Å². The molecule has 1 saturated heterocycles. The highest BCUT2D eigenvalue weighted by atomic mass is 16.2. The summed E-state index contributed by atoms with van der Waals surface area (Å²) in [5, 5.41) is 8.54. The monoisotopic (exact) mass is 384 g/mol. The Balaban J connectivity index is 1.42. The van der Waals surface area contributed by atoms with Crippen LogP contribution in [0.25, 0.3) is 0 Å². The van der Waals surface area contributed by atoms with Crippen LogP contribution in [0.5, 0.6) is 0 Å². The molecule has 1 aromatic heterocycles. The first kappa shape index (κ1) is 19.7. The molecule has 28 heavy (non-hydrogen) atoms. The minimum absolute atomic E-state index is 0.163. The summed E-state index contributed by atoms with van der Waals surface area (Å²) in [5.74, 6) is 0.163. The number of nitrogens with zero attached hydrogens (tertiary/aromatic N) is 3. The summed E-state index contributed by atoms with van der Waals surface area (Å²) in [4.78, 5) is 15.2. The number of nitrogens with one attached hydrogen (secondary N) is 1. The Bertz CT molecular complexity index is 714. The van der Waals surface area contributed by atoms with Crippen LogP contribution in [0.15, 0.2) is 11.6 Å². The first-order valence-corrected chi connectivity index (χ1v) is 11.6. The molecule has 0 saturated carbocycles. The van der Waals surface area contributed by atoms with Crippen LogP contribution in [0.1, 0.15) is 86.5 Å². The summed E-state index contributed by atoms with van der Waals surface area (Å²) in [6.07, 6.45) is 15.5. The third-order valence-corrected chi connectivity index (χ3v) is 6.76. The molecule has 3 aliphatic rings. The quantitative estimate of drug-likeness (QED) is 0.758. The van der Waals surface area contributed by atoms with Gasteiger partial charge in [-0.1, -0.05) is 11.6 Å². The molecular formula is C23H36N4O. The van der Waals surface area contributed by atoms with Crippen LogP contribution in [0.3, 0.4) is 0 Å². The lowest BCUT2D eigenvalue weighted by Gasteiger charge is -2.28. The number of amides is 1. The summed E-state index contributed by atoms with van der Waals surface area (Å²) in [6.45, 7) is 5.82. The van der Waals surface area contributed by atoms with Crippen LogP contribution >= 0.6 is 0 Å². The van der Waals surface area contributed by atoms with Gasteiger partial charge in [-0.3, -0.25) is 9.48 Å². The fourth-order valence-corrected chi connectivity index (χ4v) is 5.11. The van der Waals surface area contributed by atoms with E-state index >= 15 is 0 Å². The highest BCUT2D eigenvalue weighted by Gasteiger charge is 2.31. The topological polar surface area (TPSA) is 50.2 Å². The number of aryl methyl sites for hydroxylation is 1. The molecule has 1 N–H and O–H groups in total. The molecule has 1 unspecified atom stereocenters. The van der Waals surface area contributed by atoms with Crippen molar-refractivity contribution in [3.05, 3.63) is 28.6 Å². The van der Waals surface area contributed by atoms with Crippen molar-refractivity contribution in [3.63, 3.8) is 0 Å². The van der Waals surface area contributed by atoms with Gasteiger partial charge in [-0.25, -0.2) is 0 Å². The number of carbonyl (C=O) groups is 1. The van der Waals surface area contributed by atoms with Crippen LogP contribution in [0, 0.1) is 0 Å².